The van der Waals surface area contributed by atoms with E-state index in [1.54, 1.807) is 6.20 Å². The van der Waals surface area contributed by atoms with Crippen molar-refractivity contribution in [1.29, 1.82) is 0 Å². The molecule has 0 aliphatic carbocycles. The van der Waals surface area contributed by atoms with Gasteiger partial charge in [-0.15, -0.1) is 0 Å². The first kappa shape index (κ1) is 22.6. The molecular weight excluding hydrogens is 460 g/mol. The highest BCUT2D eigenvalue weighted by Gasteiger charge is 2.25. The minimum Gasteiger partial charge on any atom is -0.493 e. The number of fused-ring (bicyclic) bond motifs is 2. The van der Waals surface area contributed by atoms with Gasteiger partial charge >= 0.3 is 0 Å². The summed E-state index contributed by atoms with van der Waals surface area (Å²) in [5.41, 5.74) is 13.5. The fourth-order valence-electron chi connectivity index (χ4n) is 4.86. The van der Waals surface area contributed by atoms with Crippen molar-refractivity contribution >= 4 is 40.0 Å². The highest BCUT2D eigenvalue weighted by Crippen LogP contribution is 2.40. The van der Waals surface area contributed by atoms with Crippen LogP contribution in [0.15, 0.2) is 91.3 Å². The SMILES string of the molecule is Nc1nccc(OCCCc2c[nH]c3ccccc23)c1-c1ccc2c(c1)C(=Cc1ccccc1)C(=O)N2. The van der Waals surface area contributed by atoms with E-state index in [1.165, 1.54) is 10.9 Å². The average Bonchev–Trinajstić information content (AvgIpc) is 3.47. The van der Waals surface area contributed by atoms with Crippen LogP contribution in [0.2, 0.25) is 0 Å². The Morgan fingerprint density at radius 2 is 1.81 bits per heavy atom. The lowest BCUT2D eigenvalue weighted by molar-refractivity contribution is -0.110. The molecule has 0 saturated carbocycles. The number of aromatic nitrogens is 2. The maximum absolute atomic E-state index is 12.7. The van der Waals surface area contributed by atoms with Gasteiger partial charge in [0.25, 0.3) is 5.91 Å². The average molecular weight is 487 g/mol. The summed E-state index contributed by atoms with van der Waals surface area (Å²) in [4.78, 5) is 20.4. The fourth-order valence-corrected chi connectivity index (χ4v) is 4.86. The molecular formula is C31H26N4O2. The second-order valence-electron chi connectivity index (χ2n) is 9.06. The summed E-state index contributed by atoms with van der Waals surface area (Å²) in [7, 11) is 0. The molecule has 0 bridgehead atoms. The number of carbonyl (C=O) groups is 1. The molecule has 1 aliphatic rings. The molecule has 0 unspecified atom stereocenters. The predicted molar refractivity (Wildman–Crippen MR) is 149 cm³/mol. The Hall–Kier alpha value is -4.84. The molecule has 3 heterocycles. The van der Waals surface area contributed by atoms with Gasteiger partial charge in [-0.05, 0) is 59.9 Å². The van der Waals surface area contributed by atoms with Crippen molar-refractivity contribution < 1.29 is 9.53 Å². The third-order valence-corrected chi connectivity index (χ3v) is 6.67. The summed E-state index contributed by atoms with van der Waals surface area (Å²) in [6, 6.07) is 25.8. The van der Waals surface area contributed by atoms with Crippen LogP contribution in [0.1, 0.15) is 23.1 Å². The van der Waals surface area contributed by atoms with Gasteiger partial charge in [0.05, 0.1) is 12.2 Å². The lowest BCUT2D eigenvalue weighted by Crippen LogP contribution is -2.03. The van der Waals surface area contributed by atoms with Crippen LogP contribution in [0.4, 0.5) is 11.5 Å². The predicted octanol–water partition coefficient (Wildman–Crippen LogP) is 6.32. The number of nitrogens with one attached hydrogen (secondary N) is 2. The number of nitrogens with zero attached hydrogens (tertiary/aromatic N) is 1. The number of H-pyrrole nitrogens is 1. The van der Waals surface area contributed by atoms with E-state index in [2.05, 4.69) is 39.7 Å². The zero-order valence-corrected chi connectivity index (χ0v) is 20.2. The number of para-hydroxylation sites is 1. The van der Waals surface area contributed by atoms with Gasteiger partial charge < -0.3 is 20.8 Å². The van der Waals surface area contributed by atoms with Gasteiger partial charge in [0, 0.05) is 40.1 Å². The molecule has 6 nitrogen and oxygen atoms in total. The maximum atomic E-state index is 12.7. The quantitative estimate of drug-likeness (QED) is 0.185. The van der Waals surface area contributed by atoms with Crippen molar-refractivity contribution in [2.75, 3.05) is 17.7 Å². The standard InChI is InChI=1S/C31H26N4O2/c32-30-29(21-12-13-27-24(18-21)25(31(36)35-27)17-20-7-2-1-3-8-20)28(14-15-33-30)37-16-6-9-22-19-34-26-11-5-4-10-23(22)26/h1-5,7-8,10-15,17-19,34H,6,9,16H2,(H2,32,33)(H,35,36). The van der Waals surface area contributed by atoms with Crippen LogP contribution in [0, 0.1) is 0 Å². The Balaban J connectivity index is 1.24. The van der Waals surface area contributed by atoms with Gasteiger partial charge in [-0.3, -0.25) is 4.79 Å². The van der Waals surface area contributed by atoms with E-state index in [0.717, 1.165) is 46.3 Å². The van der Waals surface area contributed by atoms with Crippen molar-refractivity contribution in [2.45, 2.75) is 12.8 Å². The summed E-state index contributed by atoms with van der Waals surface area (Å²) in [6.07, 6.45) is 7.39. The van der Waals surface area contributed by atoms with E-state index in [4.69, 9.17) is 10.5 Å². The van der Waals surface area contributed by atoms with Crippen molar-refractivity contribution in [3.05, 3.63) is 108 Å². The molecule has 1 aliphatic heterocycles. The molecule has 0 spiro atoms. The van der Waals surface area contributed by atoms with Crippen molar-refractivity contribution in [2.24, 2.45) is 0 Å². The molecule has 6 heteroatoms. The lowest BCUT2D eigenvalue weighted by Gasteiger charge is -2.14. The minimum atomic E-state index is -0.121. The zero-order chi connectivity index (χ0) is 25.2. The first-order valence-corrected chi connectivity index (χ1v) is 12.3. The minimum absolute atomic E-state index is 0.121. The summed E-state index contributed by atoms with van der Waals surface area (Å²) < 4.78 is 6.22. The highest BCUT2D eigenvalue weighted by molar-refractivity contribution is 6.35. The number of nitrogens with two attached hydrogens (primary N) is 1. The molecule has 4 N–H and O–H groups in total. The number of ether oxygens (including phenoxy) is 1. The van der Waals surface area contributed by atoms with E-state index < -0.39 is 0 Å². The Morgan fingerprint density at radius 1 is 0.973 bits per heavy atom. The molecule has 6 rings (SSSR count). The molecule has 3 aromatic carbocycles. The van der Waals surface area contributed by atoms with Crippen molar-refractivity contribution in [1.82, 2.24) is 9.97 Å². The Bertz CT molecular complexity index is 1640. The smallest absolute Gasteiger partial charge is 0.256 e. The number of carbonyl (C=O) groups excluding carboxylic acids is 1. The number of amides is 1. The lowest BCUT2D eigenvalue weighted by atomic mass is 9.98. The number of aromatic amines is 1. The van der Waals surface area contributed by atoms with Gasteiger partial charge in [0.2, 0.25) is 0 Å². The molecule has 37 heavy (non-hydrogen) atoms. The zero-order valence-electron chi connectivity index (χ0n) is 20.2. The van der Waals surface area contributed by atoms with Crippen LogP contribution < -0.4 is 15.8 Å². The van der Waals surface area contributed by atoms with Crippen LogP contribution >= 0.6 is 0 Å². The molecule has 0 fully saturated rings. The van der Waals surface area contributed by atoms with Gasteiger partial charge in [-0.2, -0.15) is 0 Å². The van der Waals surface area contributed by atoms with E-state index in [1.807, 2.05) is 66.7 Å². The van der Waals surface area contributed by atoms with Crippen molar-refractivity contribution in [3.63, 3.8) is 0 Å². The van der Waals surface area contributed by atoms with E-state index in [0.29, 0.717) is 23.7 Å². The number of aryl methyl sites for hydroxylation is 1. The summed E-state index contributed by atoms with van der Waals surface area (Å²) in [6.45, 7) is 0.542. The van der Waals surface area contributed by atoms with E-state index in [-0.39, 0.29) is 5.91 Å². The van der Waals surface area contributed by atoms with Gasteiger partial charge in [-0.1, -0.05) is 54.6 Å². The third kappa shape index (κ3) is 4.45. The number of rotatable bonds is 7. The Morgan fingerprint density at radius 3 is 2.70 bits per heavy atom. The maximum Gasteiger partial charge on any atom is 0.256 e. The molecule has 0 atom stereocenters. The van der Waals surface area contributed by atoms with Crippen LogP contribution in [0.5, 0.6) is 5.75 Å². The summed E-state index contributed by atoms with van der Waals surface area (Å²) in [5, 5.41) is 4.20. The highest BCUT2D eigenvalue weighted by atomic mass is 16.5. The topological polar surface area (TPSA) is 93.0 Å². The summed E-state index contributed by atoms with van der Waals surface area (Å²) in [5.74, 6) is 0.945. The van der Waals surface area contributed by atoms with Gasteiger partial charge in [0.1, 0.15) is 11.6 Å². The molecule has 5 aromatic rings. The number of hydrogen-bond acceptors (Lipinski definition) is 4. The van der Waals surface area contributed by atoms with Gasteiger partial charge in [-0.25, -0.2) is 4.98 Å². The Labute approximate surface area is 214 Å². The largest absolute Gasteiger partial charge is 0.493 e. The van der Waals surface area contributed by atoms with E-state index in [9.17, 15) is 4.79 Å². The summed E-state index contributed by atoms with van der Waals surface area (Å²) >= 11 is 0. The second kappa shape index (κ2) is 9.66. The van der Waals surface area contributed by atoms with Crippen LogP contribution in [0.25, 0.3) is 33.7 Å². The molecule has 1 amide bonds. The molecule has 0 saturated heterocycles. The third-order valence-electron chi connectivity index (χ3n) is 6.67. The number of hydrogen-bond donors (Lipinski definition) is 3. The number of anilines is 2. The molecule has 0 radical (unpaired) electrons. The normalized spacial score (nSPS) is 13.6. The molecule has 182 valence electrons. The first-order valence-electron chi connectivity index (χ1n) is 12.3. The van der Waals surface area contributed by atoms with Gasteiger partial charge in [0.15, 0.2) is 0 Å². The number of benzene rings is 3. The second-order valence-corrected chi connectivity index (χ2v) is 9.06. The van der Waals surface area contributed by atoms with Crippen LogP contribution in [-0.4, -0.2) is 22.5 Å². The van der Waals surface area contributed by atoms with Crippen LogP contribution in [-0.2, 0) is 11.2 Å². The first-order chi connectivity index (χ1) is 18.2. The fraction of sp³-hybridized carbons (Fsp3) is 0.0968. The number of pyridine rings is 1. The van der Waals surface area contributed by atoms with E-state index >= 15 is 0 Å². The van der Waals surface area contributed by atoms with Crippen LogP contribution in [0.3, 0.4) is 0 Å². The molecule has 2 aromatic heterocycles. The Kier molecular flexibility index (Phi) is 5.91. The van der Waals surface area contributed by atoms with Crippen molar-refractivity contribution in [3.8, 4) is 16.9 Å². The monoisotopic (exact) mass is 486 g/mol. The number of nitrogen functional groups attached to an aromatic ring is 1.